The fraction of sp³-hybridized carbons (Fsp3) is 0.364. The Hall–Kier alpha value is -2.62. The smallest absolute Gasteiger partial charge is 0.253 e. The lowest BCUT2D eigenvalue weighted by Gasteiger charge is -2.29. The van der Waals surface area contributed by atoms with Gasteiger partial charge >= 0.3 is 0 Å². The lowest BCUT2D eigenvalue weighted by molar-refractivity contribution is -0.116. The highest BCUT2D eigenvalue weighted by molar-refractivity contribution is 7.92. The average Bonchev–Trinajstić information content (AvgIpc) is 2.73. The number of hydrogen-bond donors (Lipinski definition) is 2. The fourth-order valence-electron chi connectivity index (χ4n) is 3.14. The van der Waals surface area contributed by atoms with Crippen LogP contribution in [-0.2, 0) is 19.6 Å². The van der Waals surface area contributed by atoms with Crippen molar-refractivity contribution in [1.82, 2.24) is 5.32 Å². The second-order valence-corrected chi connectivity index (χ2v) is 9.60. The summed E-state index contributed by atoms with van der Waals surface area (Å²) in [5, 5.41) is 5.81. The van der Waals surface area contributed by atoms with Gasteiger partial charge in [-0.3, -0.25) is 13.9 Å². The first-order valence-corrected chi connectivity index (χ1v) is 12.2. The lowest BCUT2D eigenvalue weighted by Crippen LogP contribution is -2.46. The van der Waals surface area contributed by atoms with Crippen LogP contribution in [0.15, 0.2) is 42.5 Å². The van der Waals surface area contributed by atoms with Crippen molar-refractivity contribution in [2.24, 2.45) is 0 Å². The van der Waals surface area contributed by atoms with Crippen molar-refractivity contribution in [3.05, 3.63) is 58.6 Å². The third-order valence-electron chi connectivity index (χ3n) is 4.74. The molecule has 2 N–H and O–H groups in total. The van der Waals surface area contributed by atoms with E-state index in [9.17, 15) is 18.0 Å². The number of methoxy groups -OCH3 is 1. The number of hydrogen-bond acceptors (Lipinski definition) is 5. The SMILES string of the molecule is COCCCNC(=O)c1ccccc1NC(=O)[C@@H](C)N(c1cc(Cl)ccc1C)S(C)(=O)=O. The van der Waals surface area contributed by atoms with E-state index in [-0.39, 0.29) is 17.2 Å². The zero-order chi connectivity index (χ0) is 23.9. The Morgan fingerprint density at radius 3 is 2.53 bits per heavy atom. The summed E-state index contributed by atoms with van der Waals surface area (Å²) in [7, 11) is -2.23. The number of carbonyl (C=O) groups excluding carboxylic acids is 2. The molecule has 10 heteroatoms. The first-order chi connectivity index (χ1) is 15.1. The van der Waals surface area contributed by atoms with Gasteiger partial charge in [-0.05, 0) is 50.1 Å². The normalized spacial score (nSPS) is 12.2. The molecule has 2 rings (SSSR count). The Morgan fingerprint density at radius 2 is 1.88 bits per heavy atom. The molecule has 0 aromatic heterocycles. The largest absolute Gasteiger partial charge is 0.385 e. The number of benzene rings is 2. The first kappa shape index (κ1) is 25.6. The maximum Gasteiger partial charge on any atom is 0.253 e. The summed E-state index contributed by atoms with van der Waals surface area (Å²) in [4.78, 5) is 25.6. The monoisotopic (exact) mass is 481 g/mol. The van der Waals surface area contributed by atoms with Crippen LogP contribution >= 0.6 is 11.6 Å². The molecule has 32 heavy (non-hydrogen) atoms. The number of nitrogens with zero attached hydrogens (tertiary/aromatic N) is 1. The van der Waals surface area contributed by atoms with Gasteiger partial charge in [0, 0.05) is 25.3 Å². The first-order valence-electron chi connectivity index (χ1n) is 9.99. The second kappa shape index (κ2) is 11.3. The summed E-state index contributed by atoms with van der Waals surface area (Å²) < 4.78 is 31.1. The van der Waals surface area contributed by atoms with Gasteiger partial charge in [0.15, 0.2) is 0 Å². The van der Waals surface area contributed by atoms with E-state index in [1.54, 1.807) is 50.4 Å². The van der Waals surface area contributed by atoms with Crippen LogP contribution in [0, 0.1) is 6.92 Å². The number of ether oxygens (including phenoxy) is 1. The molecule has 174 valence electrons. The zero-order valence-corrected chi connectivity index (χ0v) is 20.1. The number of carbonyl (C=O) groups is 2. The lowest BCUT2D eigenvalue weighted by atomic mass is 10.1. The van der Waals surface area contributed by atoms with Crippen LogP contribution < -0.4 is 14.9 Å². The molecule has 2 aromatic rings. The van der Waals surface area contributed by atoms with E-state index in [4.69, 9.17) is 16.3 Å². The number of anilines is 2. The van der Waals surface area contributed by atoms with Crippen LogP contribution in [0.4, 0.5) is 11.4 Å². The van der Waals surface area contributed by atoms with E-state index in [1.807, 2.05) is 0 Å². The Labute approximate surface area is 193 Å². The highest BCUT2D eigenvalue weighted by Crippen LogP contribution is 2.28. The summed E-state index contributed by atoms with van der Waals surface area (Å²) in [6.45, 7) is 4.14. The zero-order valence-electron chi connectivity index (χ0n) is 18.5. The van der Waals surface area contributed by atoms with E-state index < -0.39 is 22.0 Å². The maximum absolute atomic E-state index is 13.0. The summed E-state index contributed by atoms with van der Waals surface area (Å²) in [5.41, 5.74) is 1.52. The van der Waals surface area contributed by atoms with Gasteiger partial charge in [0.2, 0.25) is 15.9 Å². The molecular formula is C22H28ClN3O5S. The molecule has 0 aliphatic carbocycles. The van der Waals surface area contributed by atoms with Gasteiger partial charge in [-0.2, -0.15) is 0 Å². The number of rotatable bonds is 10. The Balaban J connectivity index is 2.27. The highest BCUT2D eigenvalue weighted by Gasteiger charge is 2.31. The predicted octanol–water partition coefficient (Wildman–Crippen LogP) is 3.21. The molecule has 0 unspecified atom stereocenters. The van der Waals surface area contributed by atoms with Crippen LogP contribution in [0.2, 0.25) is 5.02 Å². The van der Waals surface area contributed by atoms with Crippen molar-refractivity contribution in [2.45, 2.75) is 26.3 Å². The topological polar surface area (TPSA) is 105 Å². The molecule has 1 atom stereocenters. The Morgan fingerprint density at radius 1 is 1.19 bits per heavy atom. The van der Waals surface area contributed by atoms with Gasteiger partial charge in [0.1, 0.15) is 6.04 Å². The minimum atomic E-state index is -3.81. The van der Waals surface area contributed by atoms with Crippen LogP contribution in [-0.4, -0.2) is 52.8 Å². The molecule has 0 saturated carbocycles. The molecule has 0 saturated heterocycles. The highest BCUT2D eigenvalue weighted by atomic mass is 35.5. The third-order valence-corrected chi connectivity index (χ3v) is 6.20. The second-order valence-electron chi connectivity index (χ2n) is 7.30. The molecular weight excluding hydrogens is 454 g/mol. The number of sulfonamides is 1. The third kappa shape index (κ3) is 6.69. The van der Waals surface area contributed by atoms with Gasteiger partial charge in [-0.1, -0.05) is 29.8 Å². The van der Waals surface area contributed by atoms with E-state index in [1.165, 1.54) is 13.0 Å². The van der Waals surface area contributed by atoms with E-state index in [0.29, 0.717) is 35.8 Å². The van der Waals surface area contributed by atoms with Crippen LogP contribution in [0.1, 0.15) is 29.3 Å². The van der Waals surface area contributed by atoms with Crippen molar-refractivity contribution in [1.29, 1.82) is 0 Å². The van der Waals surface area contributed by atoms with Crippen LogP contribution in [0.25, 0.3) is 0 Å². The Kier molecular flexibility index (Phi) is 9.06. The number of aryl methyl sites for hydroxylation is 1. The minimum Gasteiger partial charge on any atom is -0.385 e. The van der Waals surface area contributed by atoms with Gasteiger partial charge < -0.3 is 15.4 Å². The number of para-hydroxylation sites is 1. The number of halogens is 1. The molecule has 0 bridgehead atoms. The molecule has 0 aliphatic rings. The Bertz CT molecular complexity index is 1070. The number of amides is 2. The van der Waals surface area contributed by atoms with Crippen molar-refractivity contribution < 1.29 is 22.7 Å². The number of nitrogens with one attached hydrogen (secondary N) is 2. The van der Waals surface area contributed by atoms with Crippen molar-refractivity contribution in [2.75, 3.05) is 36.1 Å². The summed E-state index contributed by atoms with van der Waals surface area (Å²) in [5.74, 6) is -0.940. The van der Waals surface area contributed by atoms with Crippen molar-refractivity contribution in [3.63, 3.8) is 0 Å². The van der Waals surface area contributed by atoms with Gasteiger partial charge in [0.05, 0.1) is 23.2 Å². The molecule has 0 spiro atoms. The van der Waals surface area contributed by atoms with Gasteiger partial charge in [-0.15, -0.1) is 0 Å². The standard InChI is InChI=1S/C22H28ClN3O5S/c1-15-10-11-17(23)14-20(15)26(32(4,29)30)16(2)21(27)25-19-9-6-5-8-18(19)22(28)24-12-7-13-31-3/h5-6,8-11,14,16H,7,12-13H2,1-4H3,(H,24,28)(H,25,27)/t16-/m1/s1. The van der Waals surface area contributed by atoms with Crippen LogP contribution in [0.3, 0.4) is 0 Å². The predicted molar refractivity (Wildman–Crippen MR) is 127 cm³/mol. The molecule has 0 heterocycles. The fourth-order valence-corrected chi connectivity index (χ4v) is 4.53. The molecule has 0 radical (unpaired) electrons. The van der Waals surface area contributed by atoms with Crippen molar-refractivity contribution >= 4 is 44.8 Å². The van der Waals surface area contributed by atoms with Crippen LogP contribution in [0.5, 0.6) is 0 Å². The quantitative estimate of drug-likeness (QED) is 0.507. The molecule has 2 aromatic carbocycles. The van der Waals surface area contributed by atoms with Crippen molar-refractivity contribution in [3.8, 4) is 0 Å². The molecule has 0 aliphatic heterocycles. The molecule has 0 fully saturated rings. The van der Waals surface area contributed by atoms with E-state index in [2.05, 4.69) is 10.6 Å². The minimum absolute atomic E-state index is 0.273. The summed E-state index contributed by atoms with van der Waals surface area (Å²) in [6, 6.07) is 10.3. The van der Waals surface area contributed by atoms with Gasteiger partial charge in [0.25, 0.3) is 5.91 Å². The molecule has 8 nitrogen and oxygen atoms in total. The van der Waals surface area contributed by atoms with E-state index in [0.717, 1.165) is 10.6 Å². The summed E-state index contributed by atoms with van der Waals surface area (Å²) in [6.07, 6.45) is 1.68. The van der Waals surface area contributed by atoms with E-state index >= 15 is 0 Å². The maximum atomic E-state index is 13.0. The average molecular weight is 482 g/mol. The van der Waals surface area contributed by atoms with Gasteiger partial charge in [-0.25, -0.2) is 8.42 Å². The summed E-state index contributed by atoms with van der Waals surface area (Å²) >= 11 is 6.07. The molecule has 2 amide bonds.